The lowest BCUT2D eigenvalue weighted by Crippen LogP contribution is -2.41. The Morgan fingerprint density at radius 2 is 2.44 bits per heavy atom. The first-order valence-electron chi connectivity index (χ1n) is 6.56. The Hall–Kier alpha value is -1.29. The minimum atomic E-state index is -0.00857. The van der Waals surface area contributed by atoms with Gasteiger partial charge in [0.05, 0.1) is 18.4 Å². The van der Waals surface area contributed by atoms with E-state index in [2.05, 4.69) is 24.1 Å². The third-order valence-corrected chi connectivity index (χ3v) is 3.67. The second-order valence-corrected chi connectivity index (χ2v) is 5.05. The first-order chi connectivity index (χ1) is 8.67. The van der Waals surface area contributed by atoms with E-state index in [1.807, 2.05) is 12.1 Å². The van der Waals surface area contributed by atoms with E-state index >= 15 is 0 Å². The third kappa shape index (κ3) is 2.93. The van der Waals surface area contributed by atoms with Crippen molar-refractivity contribution in [2.24, 2.45) is 0 Å². The number of ether oxygens (including phenoxy) is 2. The minimum Gasteiger partial charge on any atom is -0.480 e. The van der Waals surface area contributed by atoms with E-state index in [-0.39, 0.29) is 5.60 Å². The molecule has 1 saturated heterocycles. The van der Waals surface area contributed by atoms with Gasteiger partial charge in [-0.25, -0.2) is 4.98 Å². The van der Waals surface area contributed by atoms with Gasteiger partial charge < -0.3 is 14.8 Å². The normalized spacial score (nSPS) is 27.8. The number of hydrogen-bond acceptors (Lipinski definition) is 4. The molecule has 1 fully saturated rings. The smallest absolute Gasteiger partial charge is 0.237 e. The van der Waals surface area contributed by atoms with Crippen LogP contribution in [-0.4, -0.2) is 30.3 Å². The number of nitrogens with zero attached hydrogens (tertiary/aromatic N) is 1. The molecule has 0 spiro atoms. The van der Waals surface area contributed by atoms with Crippen LogP contribution >= 0.6 is 0 Å². The van der Waals surface area contributed by atoms with Gasteiger partial charge >= 0.3 is 0 Å². The van der Waals surface area contributed by atoms with Gasteiger partial charge in [-0.1, -0.05) is 6.92 Å². The average molecular weight is 250 g/mol. The Bertz CT molecular complexity index is 397. The highest BCUT2D eigenvalue weighted by Crippen LogP contribution is 2.31. The second kappa shape index (κ2) is 5.57. The van der Waals surface area contributed by atoms with Crippen LogP contribution in [0.4, 0.5) is 5.69 Å². The van der Waals surface area contributed by atoms with Gasteiger partial charge in [0.1, 0.15) is 0 Å². The number of hydrogen-bond donors (Lipinski definition) is 1. The molecule has 0 saturated carbocycles. The summed E-state index contributed by atoms with van der Waals surface area (Å²) < 4.78 is 11.1. The lowest BCUT2D eigenvalue weighted by Gasteiger charge is -2.38. The van der Waals surface area contributed by atoms with Crippen molar-refractivity contribution < 1.29 is 9.47 Å². The molecule has 1 aromatic rings. The molecule has 2 heterocycles. The van der Waals surface area contributed by atoms with E-state index in [4.69, 9.17) is 9.47 Å². The quantitative estimate of drug-likeness (QED) is 0.892. The highest BCUT2D eigenvalue weighted by Gasteiger charge is 2.31. The lowest BCUT2D eigenvalue weighted by molar-refractivity contribution is -0.0709. The van der Waals surface area contributed by atoms with Crippen molar-refractivity contribution in [2.45, 2.75) is 44.8 Å². The van der Waals surface area contributed by atoms with Gasteiger partial charge in [-0.2, -0.15) is 0 Å². The van der Waals surface area contributed by atoms with Gasteiger partial charge in [-0.05, 0) is 38.3 Å². The number of rotatable bonds is 4. The topological polar surface area (TPSA) is 43.4 Å². The van der Waals surface area contributed by atoms with Crippen LogP contribution in [0.1, 0.15) is 33.1 Å². The molecule has 1 aliphatic rings. The number of aromatic nitrogens is 1. The number of methoxy groups -OCH3 is 1. The maximum absolute atomic E-state index is 5.85. The molecule has 0 amide bonds. The Morgan fingerprint density at radius 1 is 1.61 bits per heavy atom. The summed E-state index contributed by atoms with van der Waals surface area (Å²) in [5.41, 5.74) is 0.955. The molecule has 0 aliphatic carbocycles. The summed E-state index contributed by atoms with van der Waals surface area (Å²) >= 11 is 0. The van der Waals surface area contributed by atoms with Crippen molar-refractivity contribution >= 4 is 5.69 Å². The largest absolute Gasteiger partial charge is 0.480 e. The Labute approximate surface area is 109 Å². The standard InChI is InChI=1S/C14H22N2O2/c1-4-14(2)10-11(7-9-18-14)16-12-6-5-8-15-13(12)17-3/h5-6,8,11,16H,4,7,9-10H2,1-3H3. The first-order valence-corrected chi connectivity index (χ1v) is 6.56. The first kappa shape index (κ1) is 13.1. The molecule has 0 radical (unpaired) electrons. The zero-order valence-electron chi connectivity index (χ0n) is 11.4. The second-order valence-electron chi connectivity index (χ2n) is 5.05. The van der Waals surface area contributed by atoms with Crippen LogP contribution in [0.25, 0.3) is 0 Å². The zero-order valence-corrected chi connectivity index (χ0v) is 11.4. The fourth-order valence-electron chi connectivity index (χ4n) is 2.38. The fraction of sp³-hybridized carbons (Fsp3) is 0.643. The molecule has 0 aromatic carbocycles. The number of anilines is 1. The van der Waals surface area contributed by atoms with Crippen LogP contribution in [0, 0.1) is 0 Å². The molecule has 1 aromatic heterocycles. The van der Waals surface area contributed by atoms with Crippen LogP contribution in [0.2, 0.25) is 0 Å². The zero-order chi connectivity index (χ0) is 13.0. The maximum Gasteiger partial charge on any atom is 0.237 e. The van der Waals surface area contributed by atoms with E-state index < -0.39 is 0 Å². The molecule has 1 N–H and O–H groups in total. The van der Waals surface area contributed by atoms with Crippen molar-refractivity contribution in [3.8, 4) is 5.88 Å². The molecular weight excluding hydrogens is 228 g/mol. The summed E-state index contributed by atoms with van der Waals surface area (Å²) in [6, 6.07) is 4.34. The monoisotopic (exact) mass is 250 g/mol. The minimum absolute atomic E-state index is 0.00857. The van der Waals surface area contributed by atoms with E-state index in [9.17, 15) is 0 Å². The summed E-state index contributed by atoms with van der Waals surface area (Å²) in [5.74, 6) is 0.655. The van der Waals surface area contributed by atoms with Gasteiger partial charge in [0.25, 0.3) is 0 Å². The van der Waals surface area contributed by atoms with E-state index in [1.165, 1.54) is 0 Å². The number of pyridine rings is 1. The van der Waals surface area contributed by atoms with Crippen LogP contribution in [0.3, 0.4) is 0 Å². The summed E-state index contributed by atoms with van der Waals surface area (Å²) in [5, 5.41) is 3.52. The molecule has 2 atom stereocenters. The van der Waals surface area contributed by atoms with Gasteiger partial charge in [0, 0.05) is 18.8 Å². The summed E-state index contributed by atoms with van der Waals surface area (Å²) in [6.45, 7) is 5.17. The molecule has 100 valence electrons. The van der Waals surface area contributed by atoms with Crippen molar-refractivity contribution in [2.75, 3.05) is 19.0 Å². The van der Waals surface area contributed by atoms with Gasteiger partial charge in [-0.15, -0.1) is 0 Å². The Kier molecular flexibility index (Phi) is 4.07. The maximum atomic E-state index is 5.85. The van der Waals surface area contributed by atoms with Crippen molar-refractivity contribution in [3.05, 3.63) is 18.3 Å². The summed E-state index contributed by atoms with van der Waals surface area (Å²) in [7, 11) is 1.65. The molecule has 18 heavy (non-hydrogen) atoms. The van der Waals surface area contributed by atoms with Crippen molar-refractivity contribution in [1.29, 1.82) is 0 Å². The highest BCUT2D eigenvalue weighted by atomic mass is 16.5. The van der Waals surface area contributed by atoms with Crippen molar-refractivity contribution in [3.63, 3.8) is 0 Å². The molecule has 1 aliphatic heterocycles. The van der Waals surface area contributed by atoms with Gasteiger partial charge in [-0.3, -0.25) is 0 Å². The molecular formula is C14H22N2O2. The van der Waals surface area contributed by atoms with E-state index in [0.717, 1.165) is 31.6 Å². The molecule has 2 unspecified atom stereocenters. The predicted molar refractivity (Wildman–Crippen MR) is 72.1 cm³/mol. The average Bonchev–Trinajstić information content (AvgIpc) is 2.39. The Balaban J connectivity index is 2.05. The highest BCUT2D eigenvalue weighted by molar-refractivity contribution is 5.52. The van der Waals surface area contributed by atoms with Gasteiger partial charge in [0.15, 0.2) is 0 Å². The predicted octanol–water partition coefficient (Wildman–Crippen LogP) is 2.85. The van der Waals surface area contributed by atoms with Crippen molar-refractivity contribution in [1.82, 2.24) is 4.98 Å². The van der Waals surface area contributed by atoms with Crippen LogP contribution in [-0.2, 0) is 4.74 Å². The molecule has 2 rings (SSSR count). The Morgan fingerprint density at radius 3 is 3.17 bits per heavy atom. The van der Waals surface area contributed by atoms with E-state index in [0.29, 0.717) is 11.9 Å². The fourth-order valence-corrected chi connectivity index (χ4v) is 2.38. The summed E-state index contributed by atoms with van der Waals surface area (Å²) in [4.78, 5) is 4.20. The third-order valence-electron chi connectivity index (χ3n) is 3.67. The molecule has 0 bridgehead atoms. The van der Waals surface area contributed by atoms with Crippen LogP contribution in [0.15, 0.2) is 18.3 Å². The molecule has 4 heteroatoms. The van der Waals surface area contributed by atoms with Crippen LogP contribution in [0.5, 0.6) is 5.88 Å². The summed E-state index contributed by atoms with van der Waals surface area (Å²) in [6.07, 6.45) is 4.81. The van der Waals surface area contributed by atoms with E-state index in [1.54, 1.807) is 13.3 Å². The lowest BCUT2D eigenvalue weighted by atomic mass is 9.90. The SMILES string of the molecule is CCC1(C)CC(Nc2cccnc2OC)CCO1. The van der Waals surface area contributed by atoms with Crippen LogP contribution < -0.4 is 10.1 Å². The number of nitrogens with one attached hydrogen (secondary N) is 1. The molecule has 4 nitrogen and oxygen atoms in total. The van der Waals surface area contributed by atoms with Gasteiger partial charge in [0.2, 0.25) is 5.88 Å².